The molecular weight excluding hydrogens is 468 g/mol. The third-order valence-electron chi connectivity index (χ3n) is 5.50. The molecule has 0 aliphatic carbocycles. The Bertz CT molecular complexity index is 740. The lowest BCUT2D eigenvalue weighted by molar-refractivity contribution is -0.142. The van der Waals surface area contributed by atoms with E-state index in [1.54, 1.807) is 13.8 Å². The molecule has 0 fully saturated rings. The summed E-state index contributed by atoms with van der Waals surface area (Å²) in [5.41, 5.74) is 22.0. The number of guanidine groups is 1. The van der Waals surface area contributed by atoms with Crippen molar-refractivity contribution in [2.24, 2.45) is 39.8 Å². The molecule has 0 heterocycles. The molecule has 12 N–H and O–H groups in total. The molecule has 4 unspecified atom stereocenters. The van der Waals surface area contributed by atoms with Gasteiger partial charge in [0, 0.05) is 6.54 Å². The van der Waals surface area contributed by atoms with E-state index in [-0.39, 0.29) is 37.2 Å². The van der Waals surface area contributed by atoms with Crippen LogP contribution in [-0.2, 0) is 19.2 Å². The molecule has 0 aromatic rings. The quantitative estimate of drug-likeness (QED) is 0.0617. The predicted molar refractivity (Wildman–Crippen MR) is 139 cm³/mol. The fourth-order valence-electron chi connectivity index (χ4n) is 3.34. The lowest BCUT2D eigenvalue weighted by Gasteiger charge is -2.26. The van der Waals surface area contributed by atoms with Crippen LogP contribution < -0.4 is 38.9 Å². The summed E-state index contributed by atoms with van der Waals surface area (Å²) in [6, 6.07) is -3.88. The van der Waals surface area contributed by atoms with Crippen molar-refractivity contribution in [2.45, 2.75) is 90.4 Å². The van der Waals surface area contributed by atoms with Crippen molar-refractivity contribution < 1.29 is 24.3 Å². The maximum Gasteiger partial charge on any atom is 0.326 e. The summed E-state index contributed by atoms with van der Waals surface area (Å²) in [4.78, 5) is 54.1. The minimum absolute atomic E-state index is 0.0193. The van der Waals surface area contributed by atoms with Gasteiger partial charge in [-0.1, -0.05) is 27.7 Å². The van der Waals surface area contributed by atoms with Crippen LogP contribution in [0.3, 0.4) is 0 Å². The number of rotatable bonds is 18. The SMILES string of the molecule is CC(C)CC(NC(=O)C(CCCCN)NC(=O)C(N)C(C)C)C(=O)NC(CCCN=C(N)N)C(=O)O. The number of nitrogens with one attached hydrogen (secondary N) is 3. The number of nitrogens with zero attached hydrogens (tertiary/aromatic N) is 1. The third-order valence-corrected chi connectivity index (χ3v) is 5.50. The average Bonchev–Trinajstić information content (AvgIpc) is 2.78. The van der Waals surface area contributed by atoms with Crippen LogP contribution in [0.25, 0.3) is 0 Å². The largest absolute Gasteiger partial charge is 0.480 e. The van der Waals surface area contributed by atoms with Crippen molar-refractivity contribution in [3.8, 4) is 0 Å². The zero-order valence-corrected chi connectivity index (χ0v) is 22.0. The van der Waals surface area contributed by atoms with Crippen LogP contribution in [0, 0.1) is 11.8 Å². The fourth-order valence-corrected chi connectivity index (χ4v) is 3.34. The fraction of sp³-hybridized carbons (Fsp3) is 0.783. The summed E-state index contributed by atoms with van der Waals surface area (Å²) in [6.07, 6.45) is 2.27. The summed E-state index contributed by atoms with van der Waals surface area (Å²) in [5, 5.41) is 17.4. The highest BCUT2D eigenvalue weighted by Gasteiger charge is 2.30. The first-order chi connectivity index (χ1) is 16.8. The molecule has 0 bridgehead atoms. The normalized spacial score (nSPS) is 14.4. The first-order valence-corrected chi connectivity index (χ1v) is 12.4. The molecule has 0 radical (unpaired) electrons. The lowest BCUT2D eigenvalue weighted by Crippen LogP contribution is -2.57. The molecule has 0 spiro atoms. The molecule has 4 atom stereocenters. The van der Waals surface area contributed by atoms with E-state index in [9.17, 15) is 24.3 Å². The second-order valence-electron chi connectivity index (χ2n) is 9.65. The van der Waals surface area contributed by atoms with E-state index in [1.807, 2.05) is 13.8 Å². The van der Waals surface area contributed by atoms with Crippen LogP contribution in [0.1, 0.15) is 66.2 Å². The number of carboxylic acid groups (broad SMARTS) is 1. The Morgan fingerprint density at radius 3 is 1.83 bits per heavy atom. The van der Waals surface area contributed by atoms with Gasteiger partial charge in [-0.15, -0.1) is 0 Å². The number of carboxylic acids is 1. The van der Waals surface area contributed by atoms with Crippen molar-refractivity contribution in [1.82, 2.24) is 16.0 Å². The smallest absolute Gasteiger partial charge is 0.326 e. The molecule has 13 nitrogen and oxygen atoms in total. The zero-order valence-electron chi connectivity index (χ0n) is 22.0. The van der Waals surface area contributed by atoms with Gasteiger partial charge in [-0.25, -0.2) is 4.79 Å². The van der Waals surface area contributed by atoms with Gasteiger partial charge >= 0.3 is 5.97 Å². The second-order valence-corrected chi connectivity index (χ2v) is 9.65. The average molecular weight is 515 g/mol. The van der Waals surface area contributed by atoms with Crippen LogP contribution >= 0.6 is 0 Å². The van der Waals surface area contributed by atoms with Gasteiger partial charge in [0.2, 0.25) is 17.7 Å². The molecule has 208 valence electrons. The highest BCUT2D eigenvalue weighted by Crippen LogP contribution is 2.09. The summed E-state index contributed by atoms with van der Waals surface area (Å²) < 4.78 is 0. The number of amides is 3. The monoisotopic (exact) mass is 514 g/mol. The summed E-state index contributed by atoms with van der Waals surface area (Å²) in [7, 11) is 0. The second kappa shape index (κ2) is 17.5. The van der Waals surface area contributed by atoms with Crippen molar-refractivity contribution >= 4 is 29.7 Å². The summed E-state index contributed by atoms with van der Waals surface area (Å²) in [6.45, 7) is 8.00. The Morgan fingerprint density at radius 1 is 0.806 bits per heavy atom. The standard InChI is InChI=1S/C23H46N8O5/c1-13(2)12-17(20(33)30-16(22(35)36)9-7-11-28-23(26)27)31-19(32)15(8-5-6-10-24)29-21(34)18(25)14(3)4/h13-18H,5-12,24-25H2,1-4H3,(H,29,34)(H,30,33)(H,31,32)(H,35,36)(H4,26,27,28). The molecule has 36 heavy (non-hydrogen) atoms. The lowest BCUT2D eigenvalue weighted by atomic mass is 10.0. The molecule has 0 aliphatic heterocycles. The number of carbonyl (C=O) groups excluding carboxylic acids is 3. The first kappa shape index (κ1) is 33.1. The van der Waals surface area contributed by atoms with E-state index >= 15 is 0 Å². The molecule has 0 aromatic carbocycles. The van der Waals surface area contributed by atoms with Crippen molar-refractivity contribution in [3.63, 3.8) is 0 Å². The van der Waals surface area contributed by atoms with Gasteiger partial charge in [-0.2, -0.15) is 0 Å². The molecule has 0 saturated carbocycles. The predicted octanol–water partition coefficient (Wildman–Crippen LogP) is -1.26. The zero-order chi connectivity index (χ0) is 27.8. The first-order valence-electron chi connectivity index (χ1n) is 12.4. The van der Waals surface area contributed by atoms with E-state index in [0.717, 1.165) is 0 Å². The van der Waals surface area contributed by atoms with Gasteiger partial charge in [-0.05, 0) is 56.9 Å². The Morgan fingerprint density at radius 2 is 1.33 bits per heavy atom. The van der Waals surface area contributed by atoms with Crippen molar-refractivity contribution in [1.29, 1.82) is 0 Å². The molecule has 0 aliphatic rings. The molecular formula is C23H46N8O5. The van der Waals surface area contributed by atoms with Gasteiger partial charge in [0.15, 0.2) is 5.96 Å². The molecule has 0 saturated heterocycles. The third kappa shape index (κ3) is 13.8. The van der Waals surface area contributed by atoms with Gasteiger partial charge < -0.3 is 44.0 Å². The minimum atomic E-state index is -1.21. The Kier molecular flexibility index (Phi) is 16.1. The van der Waals surface area contributed by atoms with Gasteiger partial charge in [0.1, 0.15) is 18.1 Å². The van der Waals surface area contributed by atoms with E-state index in [1.165, 1.54) is 0 Å². The highest BCUT2D eigenvalue weighted by atomic mass is 16.4. The number of unbranched alkanes of at least 4 members (excludes halogenated alkanes) is 1. The van der Waals surface area contributed by atoms with Gasteiger partial charge in [-0.3, -0.25) is 19.4 Å². The van der Waals surface area contributed by atoms with Gasteiger partial charge in [0.25, 0.3) is 0 Å². The molecule has 0 aromatic heterocycles. The van der Waals surface area contributed by atoms with E-state index < -0.39 is 47.9 Å². The Balaban J connectivity index is 5.47. The number of nitrogens with two attached hydrogens (primary N) is 4. The number of hydrogen-bond acceptors (Lipinski definition) is 7. The van der Waals surface area contributed by atoms with E-state index in [0.29, 0.717) is 32.2 Å². The van der Waals surface area contributed by atoms with E-state index in [4.69, 9.17) is 22.9 Å². The van der Waals surface area contributed by atoms with Crippen LogP contribution in [0.5, 0.6) is 0 Å². The summed E-state index contributed by atoms with van der Waals surface area (Å²) >= 11 is 0. The Hall–Kier alpha value is -2.93. The number of aliphatic carboxylic acids is 1. The topological polar surface area (TPSA) is 241 Å². The number of aliphatic imine (C=N–C) groups is 1. The van der Waals surface area contributed by atoms with Crippen LogP contribution in [-0.4, -0.2) is 72.0 Å². The Labute approximate surface area is 213 Å². The maximum atomic E-state index is 13.1. The van der Waals surface area contributed by atoms with Gasteiger partial charge in [0.05, 0.1) is 6.04 Å². The minimum Gasteiger partial charge on any atom is -0.480 e. The molecule has 13 heteroatoms. The highest BCUT2D eigenvalue weighted by molar-refractivity contribution is 5.94. The van der Waals surface area contributed by atoms with Crippen LogP contribution in [0.15, 0.2) is 4.99 Å². The number of hydrogen-bond donors (Lipinski definition) is 8. The molecule has 0 rings (SSSR count). The van der Waals surface area contributed by atoms with Crippen LogP contribution in [0.4, 0.5) is 0 Å². The number of carbonyl (C=O) groups is 4. The molecule has 3 amide bonds. The van der Waals surface area contributed by atoms with Crippen molar-refractivity contribution in [2.75, 3.05) is 13.1 Å². The van der Waals surface area contributed by atoms with Crippen LogP contribution in [0.2, 0.25) is 0 Å². The van der Waals surface area contributed by atoms with Crippen molar-refractivity contribution in [3.05, 3.63) is 0 Å². The summed E-state index contributed by atoms with van der Waals surface area (Å²) in [5.74, 6) is -3.06. The maximum absolute atomic E-state index is 13.1. The van der Waals surface area contributed by atoms with E-state index in [2.05, 4.69) is 20.9 Å².